The molecule has 8 nitrogen and oxygen atoms in total. The lowest BCUT2D eigenvalue weighted by Crippen LogP contribution is -2.26. The number of hydrogen-bond acceptors (Lipinski definition) is 7. The first kappa shape index (κ1) is 29.6. The Kier molecular flexibility index (Phi) is 10.1. The van der Waals surface area contributed by atoms with Gasteiger partial charge in [0.15, 0.2) is 17.6 Å². The highest BCUT2D eigenvalue weighted by molar-refractivity contribution is 9.10. The normalized spacial score (nSPS) is 15.0. The van der Waals surface area contributed by atoms with Gasteiger partial charge in [-0.1, -0.05) is 46.8 Å². The Morgan fingerprint density at radius 2 is 1.95 bits per heavy atom. The van der Waals surface area contributed by atoms with Crippen molar-refractivity contribution in [3.63, 3.8) is 0 Å². The topological polar surface area (TPSA) is 92.0 Å². The SMILES string of the molecule is CCOC(=O)[C@@H](C)Oc1c(OCC)cc(C=Nn2c(C3CCCCC3)nc3ccc(Br)cc3c2=O)c(Br)c1Cl. The molecular weight excluding hydrogens is 654 g/mol. The summed E-state index contributed by atoms with van der Waals surface area (Å²) >= 11 is 13.7. The van der Waals surface area contributed by atoms with Crippen LogP contribution in [0.2, 0.25) is 5.02 Å². The molecule has 0 saturated heterocycles. The Balaban J connectivity index is 1.79. The summed E-state index contributed by atoms with van der Waals surface area (Å²) in [6, 6.07) is 7.19. The molecule has 1 aliphatic rings. The Morgan fingerprint density at radius 1 is 1.21 bits per heavy atom. The molecule has 39 heavy (non-hydrogen) atoms. The van der Waals surface area contributed by atoms with Crippen LogP contribution in [-0.2, 0) is 9.53 Å². The van der Waals surface area contributed by atoms with E-state index in [1.165, 1.54) is 11.1 Å². The minimum Gasteiger partial charge on any atom is -0.490 e. The third-order valence-electron chi connectivity index (χ3n) is 6.48. The fourth-order valence-electron chi connectivity index (χ4n) is 4.58. The highest BCUT2D eigenvalue weighted by Gasteiger charge is 2.25. The van der Waals surface area contributed by atoms with Crippen molar-refractivity contribution in [3.8, 4) is 11.5 Å². The zero-order chi connectivity index (χ0) is 28.1. The van der Waals surface area contributed by atoms with Gasteiger partial charge in [-0.2, -0.15) is 9.78 Å². The van der Waals surface area contributed by atoms with Crippen LogP contribution < -0.4 is 15.0 Å². The number of nitrogens with zero attached hydrogens (tertiary/aromatic N) is 3. The van der Waals surface area contributed by atoms with Gasteiger partial charge in [0.1, 0.15) is 10.8 Å². The van der Waals surface area contributed by atoms with E-state index in [1.54, 1.807) is 32.2 Å². The monoisotopic (exact) mass is 681 g/mol. The van der Waals surface area contributed by atoms with Crippen molar-refractivity contribution in [2.75, 3.05) is 13.2 Å². The number of hydrogen-bond donors (Lipinski definition) is 0. The first-order valence-corrected chi connectivity index (χ1v) is 15.0. The van der Waals surface area contributed by atoms with Crippen LogP contribution in [-0.4, -0.2) is 41.2 Å². The van der Waals surface area contributed by atoms with Gasteiger partial charge in [-0.25, -0.2) is 9.78 Å². The number of esters is 1. The molecule has 1 heterocycles. The van der Waals surface area contributed by atoms with Gasteiger partial charge in [-0.3, -0.25) is 4.79 Å². The molecule has 0 unspecified atom stereocenters. The maximum Gasteiger partial charge on any atom is 0.347 e. The van der Waals surface area contributed by atoms with Gasteiger partial charge in [-0.05, 0) is 73.8 Å². The van der Waals surface area contributed by atoms with E-state index >= 15 is 0 Å². The predicted octanol–water partition coefficient (Wildman–Crippen LogP) is 7.23. The van der Waals surface area contributed by atoms with Crippen LogP contribution >= 0.6 is 43.5 Å². The van der Waals surface area contributed by atoms with Crippen LogP contribution in [0.5, 0.6) is 11.5 Å². The number of carbonyl (C=O) groups excluding carboxylic acids is 1. The molecule has 3 aromatic rings. The third-order valence-corrected chi connectivity index (χ3v) is 8.42. The molecule has 2 aromatic carbocycles. The van der Waals surface area contributed by atoms with Crippen LogP contribution in [0.1, 0.15) is 70.2 Å². The average molecular weight is 684 g/mol. The van der Waals surface area contributed by atoms with Crippen LogP contribution in [0.3, 0.4) is 0 Å². The second-order valence-electron chi connectivity index (χ2n) is 9.19. The van der Waals surface area contributed by atoms with Crippen molar-refractivity contribution < 1.29 is 19.0 Å². The van der Waals surface area contributed by atoms with E-state index in [9.17, 15) is 9.59 Å². The molecule has 4 rings (SSSR count). The molecule has 1 aliphatic carbocycles. The minimum absolute atomic E-state index is 0.141. The van der Waals surface area contributed by atoms with Crippen LogP contribution in [0.15, 0.2) is 43.1 Å². The maximum atomic E-state index is 13.6. The molecule has 0 spiro atoms. The zero-order valence-corrected chi connectivity index (χ0v) is 25.9. The third kappa shape index (κ3) is 6.66. The molecular formula is C28H30Br2ClN3O5. The second-order valence-corrected chi connectivity index (χ2v) is 11.3. The smallest absolute Gasteiger partial charge is 0.347 e. The summed E-state index contributed by atoms with van der Waals surface area (Å²) in [7, 11) is 0. The van der Waals surface area contributed by atoms with Crippen LogP contribution in [0.25, 0.3) is 10.9 Å². The van der Waals surface area contributed by atoms with Crippen LogP contribution in [0.4, 0.5) is 0 Å². The molecule has 1 saturated carbocycles. The molecule has 0 aliphatic heterocycles. The average Bonchev–Trinajstić information content (AvgIpc) is 2.93. The van der Waals surface area contributed by atoms with Gasteiger partial charge in [-0.15, -0.1) is 0 Å². The van der Waals surface area contributed by atoms with Gasteiger partial charge in [0.2, 0.25) is 0 Å². The number of ether oxygens (including phenoxy) is 3. The fraction of sp³-hybridized carbons (Fsp3) is 0.429. The van der Waals surface area contributed by atoms with Gasteiger partial charge in [0.05, 0.1) is 30.3 Å². The van der Waals surface area contributed by atoms with Crippen molar-refractivity contribution in [3.05, 3.63) is 60.0 Å². The quantitative estimate of drug-likeness (QED) is 0.175. The van der Waals surface area contributed by atoms with Gasteiger partial charge >= 0.3 is 5.97 Å². The number of aromatic nitrogens is 2. The molecule has 0 N–H and O–H groups in total. The molecule has 11 heteroatoms. The minimum atomic E-state index is -0.896. The number of fused-ring (bicyclic) bond motifs is 1. The van der Waals surface area contributed by atoms with E-state index < -0.39 is 12.1 Å². The predicted molar refractivity (Wildman–Crippen MR) is 160 cm³/mol. The molecule has 208 valence electrons. The van der Waals surface area contributed by atoms with Crippen molar-refractivity contribution >= 4 is 66.5 Å². The Labute approximate surface area is 248 Å². The Hall–Kier alpha value is -2.43. The van der Waals surface area contributed by atoms with Crippen molar-refractivity contribution in [1.82, 2.24) is 9.66 Å². The van der Waals surface area contributed by atoms with E-state index in [2.05, 4.69) is 37.0 Å². The Bertz CT molecular complexity index is 1450. The van der Waals surface area contributed by atoms with Crippen molar-refractivity contribution in [1.29, 1.82) is 0 Å². The first-order chi connectivity index (χ1) is 18.7. The summed E-state index contributed by atoms with van der Waals surface area (Å²) in [5, 5.41) is 5.30. The van der Waals surface area contributed by atoms with Crippen molar-refractivity contribution in [2.45, 2.75) is 64.9 Å². The van der Waals surface area contributed by atoms with E-state index in [4.69, 9.17) is 30.8 Å². The van der Waals surface area contributed by atoms with E-state index in [-0.39, 0.29) is 28.9 Å². The summed E-state index contributed by atoms with van der Waals surface area (Å²) in [4.78, 5) is 30.7. The lowest BCUT2D eigenvalue weighted by molar-refractivity contribution is -0.150. The van der Waals surface area contributed by atoms with Crippen molar-refractivity contribution in [2.24, 2.45) is 5.10 Å². The van der Waals surface area contributed by atoms with E-state index in [0.717, 1.165) is 30.2 Å². The summed E-state index contributed by atoms with van der Waals surface area (Å²) < 4.78 is 19.3. The van der Waals surface area contributed by atoms with Crippen LogP contribution in [0, 0.1) is 0 Å². The van der Waals surface area contributed by atoms with E-state index in [1.807, 2.05) is 19.1 Å². The zero-order valence-electron chi connectivity index (χ0n) is 22.0. The molecule has 1 fully saturated rings. The molecule has 0 amide bonds. The summed E-state index contributed by atoms with van der Waals surface area (Å²) in [6.07, 6.45) is 5.93. The van der Waals surface area contributed by atoms with Gasteiger partial charge in [0.25, 0.3) is 5.56 Å². The van der Waals surface area contributed by atoms with Gasteiger partial charge < -0.3 is 14.2 Å². The lowest BCUT2D eigenvalue weighted by Gasteiger charge is -2.23. The highest BCUT2D eigenvalue weighted by atomic mass is 79.9. The van der Waals surface area contributed by atoms with Gasteiger partial charge in [0, 0.05) is 20.4 Å². The number of rotatable bonds is 9. The second kappa shape index (κ2) is 13.3. The number of halogens is 3. The van der Waals surface area contributed by atoms with E-state index in [0.29, 0.717) is 39.1 Å². The highest BCUT2D eigenvalue weighted by Crippen LogP contribution is 2.43. The lowest BCUT2D eigenvalue weighted by atomic mass is 9.88. The number of benzene rings is 2. The number of carbonyl (C=O) groups is 1. The molecule has 0 bridgehead atoms. The summed E-state index contributed by atoms with van der Waals surface area (Å²) in [6.45, 7) is 5.71. The summed E-state index contributed by atoms with van der Waals surface area (Å²) in [5.41, 5.74) is 0.972. The molecule has 0 radical (unpaired) electrons. The molecule has 1 atom stereocenters. The molecule has 1 aromatic heterocycles. The Morgan fingerprint density at radius 3 is 2.64 bits per heavy atom. The standard InChI is InChI=1S/C28H30Br2ClN3O5/c1-4-37-22-13-18(23(30)24(31)25(22)39-16(3)28(36)38-5-2)15-32-34-26(17-9-7-6-8-10-17)33-21-12-11-19(29)14-20(21)27(34)35/h11-17H,4-10H2,1-3H3/t16-/m1/s1. The maximum absolute atomic E-state index is 13.6. The first-order valence-electron chi connectivity index (χ1n) is 13.0. The summed E-state index contributed by atoms with van der Waals surface area (Å²) in [5.74, 6) is 0.830. The largest absolute Gasteiger partial charge is 0.490 e. The fourth-order valence-corrected chi connectivity index (χ4v) is 5.58.